The highest BCUT2D eigenvalue weighted by molar-refractivity contribution is 5.92. The summed E-state index contributed by atoms with van der Waals surface area (Å²) < 4.78 is 1.81. The number of hydrogen-bond acceptors (Lipinski definition) is 3. The van der Waals surface area contributed by atoms with Gasteiger partial charge < -0.3 is 10.2 Å². The summed E-state index contributed by atoms with van der Waals surface area (Å²) in [4.78, 5) is 14.5. The zero-order valence-electron chi connectivity index (χ0n) is 12.9. The number of carbonyl (C=O) groups excluding carboxylic acids is 1. The molecule has 1 aromatic heterocycles. The van der Waals surface area contributed by atoms with Gasteiger partial charge in [-0.1, -0.05) is 13.8 Å². The molecule has 6 heteroatoms. The molecule has 2 rings (SSSR count). The first-order valence-electron chi connectivity index (χ1n) is 7.00. The first-order valence-corrected chi connectivity index (χ1v) is 7.00. The zero-order chi connectivity index (χ0) is 14.2. The summed E-state index contributed by atoms with van der Waals surface area (Å²) in [7, 11) is 1.90. The van der Waals surface area contributed by atoms with Gasteiger partial charge in [-0.3, -0.25) is 9.48 Å². The molecule has 0 radical (unpaired) electrons. The van der Waals surface area contributed by atoms with Gasteiger partial charge in [0.25, 0.3) is 5.91 Å². The van der Waals surface area contributed by atoms with Gasteiger partial charge in [0.2, 0.25) is 0 Å². The van der Waals surface area contributed by atoms with E-state index in [-0.39, 0.29) is 24.4 Å². The van der Waals surface area contributed by atoms with Crippen LogP contribution in [0.5, 0.6) is 0 Å². The summed E-state index contributed by atoms with van der Waals surface area (Å²) in [5.41, 5.74) is 1.66. The van der Waals surface area contributed by atoms with Crippen molar-refractivity contribution in [3.63, 3.8) is 0 Å². The third kappa shape index (κ3) is 3.15. The quantitative estimate of drug-likeness (QED) is 0.906. The van der Waals surface area contributed by atoms with Crippen molar-refractivity contribution in [2.45, 2.75) is 45.7 Å². The number of rotatable bonds is 2. The Bertz CT molecular complexity index is 472. The third-order valence-corrected chi connectivity index (χ3v) is 4.02. The van der Waals surface area contributed by atoms with Gasteiger partial charge in [-0.05, 0) is 25.8 Å². The highest BCUT2D eigenvalue weighted by Gasteiger charge is 2.30. The number of carbonyl (C=O) groups is 1. The van der Waals surface area contributed by atoms with Crippen LogP contribution in [0.2, 0.25) is 0 Å². The predicted octanol–water partition coefficient (Wildman–Crippen LogP) is 1.79. The van der Waals surface area contributed by atoms with Crippen molar-refractivity contribution in [3.8, 4) is 0 Å². The fraction of sp³-hybridized carbons (Fsp3) is 0.714. The molecule has 2 atom stereocenters. The number of aromatic nitrogens is 2. The van der Waals surface area contributed by atoms with Crippen LogP contribution in [0, 0.1) is 0 Å². The minimum Gasteiger partial charge on any atom is -0.332 e. The second-order valence-corrected chi connectivity index (χ2v) is 5.71. The molecule has 1 N–H and O–H groups in total. The van der Waals surface area contributed by atoms with Crippen LogP contribution in [0.1, 0.15) is 49.8 Å². The molecule has 0 bridgehead atoms. The summed E-state index contributed by atoms with van der Waals surface area (Å²) in [6.07, 6.45) is 0. The number of hydrogen-bond donors (Lipinski definition) is 1. The van der Waals surface area contributed by atoms with Crippen LogP contribution in [0.3, 0.4) is 0 Å². The average molecular weight is 301 g/mol. The van der Waals surface area contributed by atoms with E-state index in [1.165, 1.54) is 0 Å². The van der Waals surface area contributed by atoms with Gasteiger partial charge in [-0.15, -0.1) is 12.4 Å². The molecule has 5 nitrogen and oxygen atoms in total. The van der Waals surface area contributed by atoms with E-state index < -0.39 is 0 Å². The van der Waals surface area contributed by atoms with Crippen molar-refractivity contribution < 1.29 is 4.79 Å². The maximum Gasteiger partial charge on any atom is 0.274 e. The maximum atomic E-state index is 12.6. The van der Waals surface area contributed by atoms with Gasteiger partial charge in [0.05, 0.1) is 0 Å². The van der Waals surface area contributed by atoms with E-state index in [1.807, 2.05) is 22.7 Å². The van der Waals surface area contributed by atoms with Crippen molar-refractivity contribution >= 4 is 18.3 Å². The van der Waals surface area contributed by atoms with Crippen molar-refractivity contribution in [1.29, 1.82) is 0 Å². The molecule has 0 saturated carbocycles. The predicted molar refractivity (Wildman–Crippen MR) is 82.5 cm³/mol. The molecule has 1 aliphatic rings. The Morgan fingerprint density at radius 3 is 2.65 bits per heavy atom. The fourth-order valence-corrected chi connectivity index (χ4v) is 2.62. The molecule has 1 amide bonds. The first kappa shape index (κ1) is 17.0. The smallest absolute Gasteiger partial charge is 0.274 e. The van der Waals surface area contributed by atoms with Crippen LogP contribution in [-0.4, -0.2) is 45.8 Å². The summed E-state index contributed by atoms with van der Waals surface area (Å²) in [6.45, 7) is 10.0. The van der Waals surface area contributed by atoms with E-state index in [0.717, 1.165) is 18.8 Å². The van der Waals surface area contributed by atoms with Gasteiger partial charge in [0.15, 0.2) is 5.69 Å². The normalized spacial score (nSPS) is 22.8. The van der Waals surface area contributed by atoms with Crippen molar-refractivity contribution in [2.24, 2.45) is 7.05 Å². The SMILES string of the molecule is CC(C)c1cc(C(=O)N2CCNC(C)C2C)nn1C.Cl. The topological polar surface area (TPSA) is 50.2 Å². The van der Waals surface area contributed by atoms with E-state index in [2.05, 4.69) is 38.1 Å². The molecule has 1 fully saturated rings. The number of amides is 1. The Balaban J connectivity index is 0.00000200. The number of piperazine rings is 1. The van der Waals surface area contributed by atoms with Gasteiger partial charge in [0, 0.05) is 37.9 Å². The molecule has 0 spiro atoms. The lowest BCUT2D eigenvalue weighted by Gasteiger charge is -2.38. The summed E-state index contributed by atoms with van der Waals surface area (Å²) in [5, 5.41) is 7.75. The molecule has 0 aromatic carbocycles. The molecule has 114 valence electrons. The minimum absolute atomic E-state index is 0. The molecule has 1 aromatic rings. The summed E-state index contributed by atoms with van der Waals surface area (Å²) in [6, 6.07) is 2.45. The molecule has 1 aliphatic heterocycles. The second-order valence-electron chi connectivity index (χ2n) is 5.71. The standard InChI is InChI=1S/C14H24N4O.ClH/c1-9(2)13-8-12(16-17(13)5)14(19)18-7-6-15-10(3)11(18)4;/h8-11,15H,6-7H2,1-5H3;1H. The second kappa shape index (κ2) is 6.59. The van der Waals surface area contributed by atoms with Crippen LogP contribution in [0.25, 0.3) is 0 Å². The maximum absolute atomic E-state index is 12.6. The molecule has 20 heavy (non-hydrogen) atoms. The van der Waals surface area contributed by atoms with Crippen LogP contribution < -0.4 is 5.32 Å². The minimum atomic E-state index is 0. The number of nitrogens with zero attached hydrogens (tertiary/aromatic N) is 3. The van der Waals surface area contributed by atoms with Crippen molar-refractivity contribution in [2.75, 3.05) is 13.1 Å². The van der Waals surface area contributed by atoms with Crippen LogP contribution in [0.4, 0.5) is 0 Å². The molecule has 0 aliphatic carbocycles. The van der Waals surface area contributed by atoms with Crippen molar-refractivity contribution in [1.82, 2.24) is 20.0 Å². The lowest BCUT2D eigenvalue weighted by Crippen LogP contribution is -2.57. The first-order chi connectivity index (χ1) is 8.91. The van der Waals surface area contributed by atoms with Gasteiger partial charge in [-0.2, -0.15) is 5.10 Å². The van der Waals surface area contributed by atoms with Gasteiger partial charge in [0.1, 0.15) is 0 Å². The van der Waals surface area contributed by atoms with Crippen LogP contribution >= 0.6 is 12.4 Å². The van der Waals surface area contributed by atoms with E-state index in [9.17, 15) is 4.79 Å². The van der Waals surface area contributed by atoms with E-state index in [1.54, 1.807) is 0 Å². The number of halogens is 1. The Kier molecular flexibility index (Phi) is 5.59. The molecular formula is C14H25ClN4O. The van der Waals surface area contributed by atoms with Crippen LogP contribution in [0.15, 0.2) is 6.07 Å². The lowest BCUT2D eigenvalue weighted by molar-refractivity contribution is 0.0596. The van der Waals surface area contributed by atoms with Gasteiger partial charge in [-0.25, -0.2) is 0 Å². The summed E-state index contributed by atoms with van der Waals surface area (Å²) >= 11 is 0. The van der Waals surface area contributed by atoms with E-state index in [4.69, 9.17) is 0 Å². The average Bonchev–Trinajstić information content (AvgIpc) is 2.74. The van der Waals surface area contributed by atoms with Crippen LogP contribution in [-0.2, 0) is 7.05 Å². The van der Waals surface area contributed by atoms with Gasteiger partial charge >= 0.3 is 0 Å². The molecular weight excluding hydrogens is 276 g/mol. The molecule has 2 unspecified atom stereocenters. The van der Waals surface area contributed by atoms with E-state index in [0.29, 0.717) is 17.7 Å². The Morgan fingerprint density at radius 1 is 1.45 bits per heavy atom. The number of nitrogens with one attached hydrogen (secondary N) is 1. The fourth-order valence-electron chi connectivity index (χ4n) is 2.62. The lowest BCUT2D eigenvalue weighted by atomic mass is 10.1. The summed E-state index contributed by atoms with van der Waals surface area (Å²) in [5.74, 6) is 0.418. The highest BCUT2D eigenvalue weighted by atomic mass is 35.5. The largest absolute Gasteiger partial charge is 0.332 e. The van der Waals surface area contributed by atoms with E-state index >= 15 is 0 Å². The Hall–Kier alpha value is -1.07. The molecule has 1 saturated heterocycles. The number of aryl methyl sites for hydroxylation is 1. The third-order valence-electron chi connectivity index (χ3n) is 4.02. The van der Waals surface area contributed by atoms with Crippen molar-refractivity contribution in [3.05, 3.63) is 17.5 Å². The molecule has 2 heterocycles. The Morgan fingerprint density at radius 2 is 2.10 bits per heavy atom. The highest BCUT2D eigenvalue weighted by Crippen LogP contribution is 2.18. The Labute approximate surface area is 127 Å². The zero-order valence-corrected chi connectivity index (χ0v) is 13.7. The monoisotopic (exact) mass is 300 g/mol.